The summed E-state index contributed by atoms with van der Waals surface area (Å²) in [4.78, 5) is 340. The van der Waals surface area contributed by atoms with Crippen molar-refractivity contribution in [3.8, 4) is 5.75 Å². The molecular weight excluding hydrogens is 1940 g/mol. The molecule has 28 N–H and O–H groups in total. The molecule has 0 aromatic heterocycles. The van der Waals surface area contributed by atoms with Crippen LogP contribution in [0.2, 0.25) is 0 Å². The fourth-order valence-electron chi connectivity index (χ4n) is 15.7. The molecule has 0 aliphatic carbocycles. The molecule has 0 unspecified atom stereocenters. The number of thioether (sulfide) groups is 3. The molecule has 1 aromatic rings. The lowest BCUT2D eigenvalue weighted by Gasteiger charge is -2.34. The first kappa shape index (κ1) is 119. The van der Waals surface area contributed by atoms with Crippen molar-refractivity contribution in [1.29, 1.82) is 0 Å². The van der Waals surface area contributed by atoms with Crippen molar-refractivity contribution in [2.24, 2.45) is 23.5 Å². The van der Waals surface area contributed by atoms with Gasteiger partial charge in [0.1, 0.15) is 108 Å². The fourth-order valence-corrected chi connectivity index (χ4v) is 19.1. The molecule has 0 spiro atoms. The molecule has 796 valence electrons. The molecule has 0 radical (unpaired) electrons. The topological polar surface area (TPSA) is 792 Å². The largest absolute Gasteiger partial charge is 0.508 e. The van der Waals surface area contributed by atoms with E-state index in [0.717, 1.165) is 11.8 Å². The number of benzene rings is 1. The van der Waals surface area contributed by atoms with E-state index in [9.17, 15) is 88.5 Å². The van der Waals surface area contributed by atoms with Gasteiger partial charge < -0.3 is 152 Å². The van der Waals surface area contributed by atoms with E-state index < -0.39 is 366 Å². The van der Waals surface area contributed by atoms with Gasteiger partial charge in [-0.25, -0.2) is 9.59 Å². The minimum absolute atomic E-state index is 0.0229. The number of nitrogens with zero attached hydrogens (tertiary/aromatic N) is 2. The van der Waals surface area contributed by atoms with Crippen molar-refractivity contribution in [3.63, 3.8) is 0 Å². The zero-order chi connectivity index (χ0) is 107. The van der Waals surface area contributed by atoms with Gasteiger partial charge in [0.05, 0.1) is 53.4 Å². The van der Waals surface area contributed by atoms with E-state index in [-0.39, 0.29) is 67.4 Å². The number of nitrogens with one attached hydrogen (secondary N) is 19. The van der Waals surface area contributed by atoms with Gasteiger partial charge in [-0.3, -0.25) is 101 Å². The van der Waals surface area contributed by atoms with Crippen LogP contribution >= 0.6 is 35.3 Å². The van der Waals surface area contributed by atoms with Gasteiger partial charge in [0.2, 0.25) is 112 Å². The Bertz CT molecular complexity index is 4780. The third-order valence-corrected chi connectivity index (χ3v) is 28.5. The molecule has 52 nitrogen and oxygen atoms in total. The van der Waals surface area contributed by atoms with E-state index in [0.29, 0.717) is 35.3 Å². The van der Waals surface area contributed by atoms with E-state index in [1.807, 2.05) is 10.6 Å². The molecule has 5 aliphatic heterocycles. The minimum atomic E-state index is -3.00. The second-order valence-corrected chi connectivity index (χ2v) is 41.5. The van der Waals surface area contributed by atoms with Crippen LogP contribution < -0.4 is 107 Å². The van der Waals surface area contributed by atoms with Crippen molar-refractivity contribution in [2.45, 2.75) is 277 Å². The molecule has 6 rings (SSSR count). The van der Waals surface area contributed by atoms with Gasteiger partial charge in [-0.2, -0.15) is 35.3 Å². The molecule has 5 aliphatic rings. The van der Waals surface area contributed by atoms with Gasteiger partial charge in [0.15, 0.2) is 12.1 Å². The minimum Gasteiger partial charge on any atom is -0.508 e. The molecular formula is C88H137N22O30S3+. The van der Waals surface area contributed by atoms with Gasteiger partial charge in [0.25, 0.3) is 5.91 Å². The zero-order valence-corrected chi connectivity index (χ0v) is 84.1. The van der Waals surface area contributed by atoms with Gasteiger partial charge in [-0.05, 0) is 87.4 Å². The molecule has 6 bridgehead atoms. The first-order valence-corrected chi connectivity index (χ1v) is 50.0. The number of likely N-dealkylation sites (N-methyl/N-ethyl adjacent to an activating group) is 1. The van der Waals surface area contributed by atoms with Gasteiger partial charge in [-0.15, -0.1) is 0 Å². The van der Waals surface area contributed by atoms with Crippen molar-refractivity contribution in [1.82, 2.24) is 106 Å². The van der Waals surface area contributed by atoms with Crippen molar-refractivity contribution in [3.05, 3.63) is 29.8 Å². The highest BCUT2D eigenvalue weighted by atomic mass is 32.2. The lowest BCUT2D eigenvalue weighted by atomic mass is 9.96. The zero-order valence-electron chi connectivity index (χ0n) is 81.7. The monoisotopic (exact) mass is 2080 g/mol. The average molecular weight is 2080 g/mol. The smallest absolute Gasteiger partial charge is 0.335 e. The number of aliphatic hydroxyl groups is 3. The lowest BCUT2D eigenvalue weighted by molar-refractivity contribution is -0.886. The number of primary amides is 1. The summed E-state index contributed by atoms with van der Waals surface area (Å²) in [5, 5.41) is 117. The number of phenolic OH excluding ortho intramolecular Hbond substituents is 1. The number of carboxylic acids is 3. The number of nitrogens with two attached hydrogens (primary N) is 1. The summed E-state index contributed by atoms with van der Waals surface area (Å²) < 4.78 is -0.308. The maximum absolute atomic E-state index is 16.2. The summed E-state index contributed by atoms with van der Waals surface area (Å²) in [5.41, 5.74) is 5.89. The Morgan fingerprint density at radius 3 is 1.52 bits per heavy atom. The predicted molar refractivity (Wildman–Crippen MR) is 512 cm³/mol. The number of aliphatic hydroxyl groups excluding tert-OH is 3. The number of fused-ring (bicyclic) bond motifs is 22. The van der Waals surface area contributed by atoms with Crippen LogP contribution in [0.1, 0.15) is 139 Å². The number of aliphatic carboxylic acids is 3. The van der Waals surface area contributed by atoms with Crippen molar-refractivity contribution in [2.75, 3.05) is 77.7 Å². The number of rotatable bonds is 20. The molecule has 5 fully saturated rings. The number of carboxylic acid groups (broad SMARTS) is 3. The maximum Gasteiger partial charge on any atom is 0.335 e. The number of phenols is 1. The van der Waals surface area contributed by atoms with E-state index in [1.165, 1.54) is 101 Å². The lowest BCUT2D eigenvalue weighted by Crippen LogP contribution is -2.64. The SMILES string of the molecule is CC[C@H](C)[C@@H]1NC(=O)[C@H](C(C)C)NC(=O)[C@@H]2NC(=O)[C@H](C(C)C)NC(=O)[C@@H]3CCCN3C(=O)CNC(=O)[C@H](Cc3ccc(O)cc3)NC(=O)[C@@H]3CNCCCC[C@@H](C(=O)O)NC(=O)[C@@H]4NC(=O)[C@H]([C@@H](C)O)NC(=O)CNC(=O)[C@H]([C@@H](O)C(=O)O)NC(=O)[C@H](CS[C@@H](C)[C@@H](NC(=O)[C@H](CO)NC(=O)[C@H](CCC(N)=O)NC(=O)[C@@H](NC(=O)[C@H](CCC(=O)O)[N+](C)(C)C)CS[C@H]4C)C(=O)N[C@@H](CS[C@H]2C)C(=O)N3)NC1=O. The summed E-state index contributed by atoms with van der Waals surface area (Å²) in [6, 6.07) is -30.0. The molecule has 0 saturated carbocycles. The number of hydrogen-bond donors (Lipinski definition) is 27. The van der Waals surface area contributed by atoms with Crippen LogP contribution in [-0.4, -0.2) is 396 Å². The van der Waals surface area contributed by atoms with Crippen LogP contribution in [0, 0.1) is 17.8 Å². The van der Waals surface area contributed by atoms with E-state index in [4.69, 9.17) is 5.73 Å². The molecule has 143 heavy (non-hydrogen) atoms. The third kappa shape index (κ3) is 36.2. The van der Waals surface area contributed by atoms with Crippen LogP contribution in [0.4, 0.5) is 0 Å². The summed E-state index contributed by atoms with van der Waals surface area (Å²) in [5.74, 6) is -36.2. The molecule has 20 amide bonds. The van der Waals surface area contributed by atoms with Gasteiger partial charge >= 0.3 is 17.9 Å². The molecule has 24 atom stereocenters. The Labute approximate surface area is 836 Å². The van der Waals surface area contributed by atoms with Gasteiger partial charge in [-0.1, -0.05) is 80.9 Å². The van der Waals surface area contributed by atoms with Crippen LogP contribution in [0.3, 0.4) is 0 Å². The second-order valence-electron chi connectivity index (χ2n) is 37.3. The Morgan fingerprint density at radius 1 is 0.497 bits per heavy atom. The normalized spacial score (nSPS) is 29.3. The van der Waals surface area contributed by atoms with Crippen molar-refractivity contribution >= 4 is 171 Å². The summed E-state index contributed by atoms with van der Waals surface area (Å²) in [6.07, 6.45) is -8.47. The summed E-state index contributed by atoms with van der Waals surface area (Å²) in [7, 11) is 4.49. The van der Waals surface area contributed by atoms with Crippen LogP contribution in [0.25, 0.3) is 0 Å². The van der Waals surface area contributed by atoms with Crippen molar-refractivity contribution < 1.29 is 151 Å². The number of hydrogen-bond acceptors (Lipinski definition) is 31. The first-order valence-electron chi connectivity index (χ1n) is 46.8. The fraction of sp³-hybridized carbons (Fsp3) is 0.670. The quantitative estimate of drug-likeness (QED) is 0.0426. The number of carbonyl (C=O) groups excluding carboxylic acids is 20. The number of carbonyl (C=O) groups is 23. The Balaban J connectivity index is 1.77. The summed E-state index contributed by atoms with van der Waals surface area (Å²) in [6.45, 7) is 9.15. The molecule has 5 saturated heterocycles. The average Bonchev–Trinajstić information content (AvgIpc) is 1.73. The van der Waals surface area contributed by atoms with Gasteiger partial charge in [0, 0.05) is 65.4 Å². The van der Waals surface area contributed by atoms with E-state index >= 15 is 57.5 Å². The van der Waals surface area contributed by atoms with E-state index in [1.54, 1.807) is 6.92 Å². The molecule has 5 heterocycles. The van der Waals surface area contributed by atoms with Crippen LogP contribution in [-0.2, 0) is 117 Å². The standard InChI is InChI=1S/C88H136N22O30S3/c1-14-40(6)63-82(132)99-54-37-143-42(8)65-85(135)100-53-36-142-44(10)67(86(136)103-62(39(4)5)80(130)104-63)106-81(131)61(38(2)3)102-77(127)55-19-17-29-109(55)59(116)33-92-70(120)49(30-45-20-22-46(113)23-21-45)95-72(122)50(96-75(53)125)31-90-28-16-15-18-48(87(137)138)94-84(134)66(107-83(133)64(41(7)112)101-58(115)32-91-79(129)68(108-76(54)126)69(119)88(139)140)43(9)141-35-52(98-78(128)56(110(11,12)13)25-27-60(117)118)74(124)93-47(24-26-57(89)114)71(121)97-51(34-111)73(123)105-65/h20-23,38-44,47-56,61-69,90,111-112,119H,14-19,24-37H2,1-13H3,(H23-,89,91,92,93,94,95,96,97,98,99,100,101,102,103,104,105,106,107,108,113,114,115,117,118,120,121,122,123,124,125,126,127,128,129,130,131,132,133,134,135,136,137,138,139,140)/p+1/t40-,41+,42-,43-,44-,47-,48-,49-,50-,51-,52-,53-,54-,55-,56-,61-,62-,63-,64-,65+,66+,67+,68-,69+/m0/s1. The molecule has 55 heteroatoms. The summed E-state index contributed by atoms with van der Waals surface area (Å²) >= 11 is 1.65. The Kier molecular flexibility index (Phi) is 46.8. The highest BCUT2D eigenvalue weighted by molar-refractivity contribution is 8.00. The third-order valence-electron chi connectivity index (χ3n) is 24.6. The van der Waals surface area contributed by atoms with Crippen LogP contribution in [0.5, 0.6) is 5.75 Å². The highest BCUT2D eigenvalue weighted by Crippen LogP contribution is 2.26. The maximum atomic E-state index is 16.2. The molecule has 1 aromatic carbocycles. The number of quaternary nitrogens is 1. The second kappa shape index (κ2) is 56.1. The highest BCUT2D eigenvalue weighted by Gasteiger charge is 2.47. The first-order chi connectivity index (χ1) is 67.1. The predicted octanol–water partition coefficient (Wildman–Crippen LogP) is -10.4. The Hall–Kier alpha value is -12.3. The van der Waals surface area contributed by atoms with Crippen LogP contribution in [0.15, 0.2) is 24.3 Å². The number of amides is 20. The number of aromatic hydroxyl groups is 1. The Morgan fingerprint density at radius 2 is 0.979 bits per heavy atom. The van der Waals surface area contributed by atoms with E-state index in [2.05, 4.69) is 90.4 Å².